The zero-order valence-electron chi connectivity index (χ0n) is 15.2. The summed E-state index contributed by atoms with van der Waals surface area (Å²) in [4.78, 5) is 0. The van der Waals surface area contributed by atoms with Crippen molar-refractivity contribution in [1.82, 2.24) is 0 Å². The third-order valence-electron chi connectivity index (χ3n) is 4.22. The molecular weight excluding hydrogens is 410 g/mol. The van der Waals surface area contributed by atoms with Crippen LogP contribution in [-0.4, -0.2) is 25.2 Å². The van der Waals surface area contributed by atoms with Gasteiger partial charge in [-0.2, -0.15) is 0 Å². The second kappa shape index (κ2) is 11.6. The standard InChI is InChI=1S/C9H18N.C8H16N.2Y/c1-9(2,3)8-6-4-5-7-10-8;1-8(2,3)7-5-4-6-9-7;;/h8H,4-7H2,1-3H3;7H,4-6H2,1-3H3;;/q2*-1;;. The molecule has 2 radical (unpaired) electrons. The first kappa shape index (κ1) is 25.4. The van der Waals surface area contributed by atoms with Crippen molar-refractivity contribution in [2.24, 2.45) is 10.8 Å². The monoisotopic (exact) mass is 444 g/mol. The number of hydrogen-bond acceptors (Lipinski definition) is 0. The van der Waals surface area contributed by atoms with Crippen molar-refractivity contribution in [3.63, 3.8) is 0 Å². The van der Waals surface area contributed by atoms with Crippen molar-refractivity contribution in [2.75, 3.05) is 13.1 Å². The Morgan fingerprint density at radius 1 is 0.619 bits per heavy atom. The molecule has 0 N–H and O–H groups in total. The SMILES string of the molecule is CC(C)(C)C1CCCC[N-]1.CC(C)(C)C1CCC[N-]1.[Y].[Y]. The van der Waals surface area contributed by atoms with Crippen molar-refractivity contribution < 1.29 is 65.4 Å². The van der Waals surface area contributed by atoms with Crippen LogP contribution < -0.4 is 0 Å². The Balaban J connectivity index is 0. The van der Waals surface area contributed by atoms with Gasteiger partial charge in [0.15, 0.2) is 0 Å². The summed E-state index contributed by atoms with van der Waals surface area (Å²) in [6.07, 6.45) is 6.62. The first-order chi connectivity index (χ1) is 8.71. The predicted octanol–water partition coefficient (Wildman–Crippen LogP) is 5.52. The molecule has 2 fully saturated rings. The molecule has 2 nitrogen and oxygen atoms in total. The van der Waals surface area contributed by atoms with Crippen LogP contribution in [-0.2, 0) is 65.4 Å². The van der Waals surface area contributed by atoms with Crippen LogP contribution in [0.3, 0.4) is 0 Å². The van der Waals surface area contributed by atoms with E-state index in [0.29, 0.717) is 22.9 Å². The van der Waals surface area contributed by atoms with Gasteiger partial charge in [0.1, 0.15) is 0 Å². The van der Waals surface area contributed by atoms with E-state index in [1.54, 1.807) is 0 Å². The normalized spacial score (nSPS) is 26.0. The van der Waals surface area contributed by atoms with E-state index in [1.165, 1.54) is 32.1 Å². The summed E-state index contributed by atoms with van der Waals surface area (Å²) in [6, 6.07) is 1.26. The molecule has 4 heteroatoms. The van der Waals surface area contributed by atoms with E-state index in [2.05, 4.69) is 52.2 Å². The van der Waals surface area contributed by atoms with Crippen LogP contribution in [0, 0.1) is 10.8 Å². The largest absolute Gasteiger partial charge is 0.659 e. The molecule has 2 aliphatic rings. The van der Waals surface area contributed by atoms with Crippen molar-refractivity contribution in [1.29, 1.82) is 0 Å². The summed E-state index contributed by atoms with van der Waals surface area (Å²) >= 11 is 0. The maximum atomic E-state index is 4.60. The van der Waals surface area contributed by atoms with E-state index < -0.39 is 0 Å². The number of piperidine rings is 1. The molecular formula is C17H34N2Y2-2. The Morgan fingerprint density at radius 2 is 1.00 bits per heavy atom. The molecule has 2 rings (SSSR count). The second-order valence-corrected chi connectivity index (χ2v) is 8.21. The average molecular weight is 444 g/mol. The molecule has 0 aromatic rings. The Labute approximate surface area is 183 Å². The molecule has 0 amide bonds. The van der Waals surface area contributed by atoms with Gasteiger partial charge in [-0.3, -0.25) is 0 Å². The van der Waals surface area contributed by atoms with Crippen LogP contribution >= 0.6 is 0 Å². The summed E-state index contributed by atoms with van der Waals surface area (Å²) in [7, 11) is 0. The van der Waals surface area contributed by atoms with Crippen molar-refractivity contribution in [2.45, 2.75) is 85.7 Å². The fourth-order valence-corrected chi connectivity index (χ4v) is 2.82. The quantitative estimate of drug-likeness (QED) is 0.471. The van der Waals surface area contributed by atoms with Gasteiger partial charge in [-0.25, -0.2) is 0 Å². The number of rotatable bonds is 0. The van der Waals surface area contributed by atoms with Gasteiger partial charge >= 0.3 is 0 Å². The van der Waals surface area contributed by atoms with Gasteiger partial charge in [0.05, 0.1) is 0 Å². The van der Waals surface area contributed by atoms with Gasteiger partial charge in [-0.15, -0.1) is 25.2 Å². The molecule has 2 atom stereocenters. The zero-order valence-corrected chi connectivity index (χ0v) is 20.8. The molecule has 2 unspecified atom stereocenters. The zero-order chi connectivity index (χ0) is 14.5. The average Bonchev–Trinajstić information content (AvgIpc) is 2.83. The smallest absolute Gasteiger partial charge is 0 e. The molecule has 0 spiro atoms. The number of nitrogens with zero attached hydrogens (tertiary/aromatic N) is 2. The summed E-state index contributed by atoms with van der Waals surface area (Å²) in [5, 5.41) is 9.11. The summed E-state index contributed by atoms with van der Waals surface area (Å²) in [5.41, 5.74) is 0.816. The Bertz CT molecular complexity index is 244. The van der Waals surface area contributed by atoms with E-state index in [1.807, 2.05) is 0 Å². The van der Waals surface area contributed by atoms with Gasteiger partial charge in [-0.05, 0) is 0 Å². The van der Waals surface area contributed by atoms with Gasteiger partial charge in [0, 0.05) is 65.4 Å². The summed E-state index contributed by atoms with van der Waals surface area (Å²) < 4.78 is 0. The fourth-order valence-electron chi connectivity index (χ4n) is 2.82. The Morgan fingerprint density at radius 3 is 1.24 bits per heavy atom. The van der Waals surface area contributed by atoms with Gasteiger partial charge < -0.3 is 10.6 Å². The number of hydrogen-bond donors (Lipinski definition) is 0. The first-order valence-electron chi connectivity index (χ1n) is 8.04. The molecule has 2 heterocycles. The van der Waals surface area contributed by atoms with Crippen molar-refractivity contribution in [3.05, 3.63) is 10.6 Å². The van der Waals surface area contributed by atoms with E-state index in [4.69, 9.17) is 0 Å². The Hall–Kier alpha value is 2.13. The van der Waals surface area contributed by atoms with Crippen molar-refractivity contribution >= 4 is 0 Å². The van der Waals surface area contributed by atoms with Crippen LogP contribution in [0.5, 0.6) is 0 Å². The van der Waals surface area contributed by atoms with Crippen LogP contribution in [0.15, 0.2) is 0 Å². The summed E-state index contributed by atoms with van der Waals surface area (Å²) in [5.74, 6) is 0. The molecule has 120 valence electrons. The minimum Gasteiger partial charge on any atom is -0.659 e. The minimum atomic E-state index is 0. The molecule has 0 saturated carbocycles. The summed E-state index contributed by atoms with van der Waals surface area (Å²) in [6.45, 7) is 15.9. The van der Waals surface area contributed by atoms with E-state index in [0.717, 1.165) is 13.1 Å². The van der Waals surface area contributed by atoms with Crippen LogP contribution in [0.4, 0.5) is 0 Å². The van der Waals surface area contributed by atoms with E-state index in [9.17, 15) is 0 Å². The molecule has 2 saturated heterocycles. The molecule has 0 aliphatic carbocycles. The van der Waals surface area contributed by atoms with Gasteiger partial charge in [0.2, 0.25) is 0 Å². The molecule has 0 bridgehead atoms. The van der Waals surface area contributed by atoms with Crippen LogP contribution in [0.1, 0.15) is 73.6 Å². The van der Waals surface area contributed by atoms with Crippen LogP contribution in [0.2, 0.25) is 0 Å². The molecule has 0 aromatic carbocycles. The second-order valence-electron chi connectivity index (χ2n) is 8.21. The topological polar surface area (TPSA) is 28.2 Å². The van der Waals surface area contributed by atoms with E-state index >= 15 is 0 Å². The third kappa shape index (κ3) is 10.6. The van der Waals surface area contributed by atoms with Gasteiger partial charge in [0.25, 0.3) is 0 Å². The fraction of sp³-hybridized carbons (Fsp3) is 1.00. The van der Waals surface area contributed by atoms with Gasteiger partial charge in [-0.1, -0.05) is 84.5 Å². The molecule has 21 heavy (non-hydrogen) atoms. The predicted molar refractivity (Wildman–Crippen MR) is 86.0 cm³/mol. The maximum Gasteiger partial charge on any atom is 0 e. The molecule has 2 aliphatic heterocycles. The van der Waals surface area contributed by atoms with Crippen molar-refractivity contribution in [3.8, 4) is 0 Å². The third-order valence-corrected chi connectivity index (χ3v) is 4.22. The van der Waals surface area contributed by atoms with E-state index in [-0.39, 0.29) is 65.4 Å². The van der Waals surface area contributed by atoms with Crippen LogP contribution in [0.25, 0.3) is 10.6 Å². The molecule has 0 aromatic heterocycles. The Kier molecular flexibility index (Phi) is 14.1. The first-order valence-corrected chi connectivity index (χ1v) is 8.04. The maximum absolute atomic E-state index is 4.60. The minimum absolute atomic E-state index is 0.